The minimum Gasteiger partial charge on any atom is -0.365 e. The molecule has 0 bridgehead atoms. The summed E-state index contributed by atoms with van der Waals surface area (Å²) >= 11 is 4.30. The predicted octanol–water partition coefficient (Wildman–Crippen LogP) is 4.51. The van der Waals surface area contributed by atoms with Gasteiger partial charge in [0.15, 0.2) is 0 Å². The fraction of sp³-hybridized carbons (Fsp3) is 0.368. The minimum atomic E-state index is -2.72. The molecular formula is C19H18BrF2N5O2S. The molecule has 0 saturated heterocycles. The van der Waals surface area contributed by atoms with Crippen molar-refractivity contribution < 1.29 is 18.4 Å². The number of carbonyl (C=O) groups is 2. The van der Waals surface area contributed by atoms with E-state index in [1.807, 2.05) is 6.92 Å². The number of rotatable bonds is 7. The maximum absolute atomic E-state index is 13.3. The van der Waals surface area contributed by atoms with Crippen LogP contribution in [0.3, 0.4) is 0 Å². The first-order valence-electron chi connectivity index (χ1n) is 9.29. The lowest BCUT2D eigenvalue weighted by Crippen LogP contribution is -2.18. The zero-order chi connectivity index (χ0) is 21.6. The van der Waals surface area contributed by atoms with Crippen molar-refractivity contribution in [3.63, 3.8) is 0 Å². The predicted molar refractivity (Wildman–Crippen MR) is 113 cm³/mol. The van der Waals surface area contributed by atoms with Gasteiger partial charge < -0.3 is 11.1 Å². The van der Waals surface area contributed by atoms with Crippen LogP contribution in [-0.4, -0.2) is 26.6 Å². The number of alkyl halides is 2. The van der Waals surface area contributed by atoms with E-state index in [9.17, 15) is 18.4 Å². The Hall–Kier alpha value is -2.40. The zero-order valence-corrected chi connectivity index (χ0v) is 18.3. The van der Waals surface area contributed by atoms with Gasteiger partial charge >= 0.3 is 0 Å². The van der Waals surface area contributed by atoms with Crippen molar-refractivity contribution in [2.75, 3.05) is 5.32 Å². The van der Waals surface area contributed by atoms with Crippen LogP contribution in [0.1, 0.15) is 58.2 Å². The Labute approximate surface area is 182 Å². The number of thiophene rings is 1. The van der Waals surface area contributed by atoms with Gasteiger partial charge in [0, 0.05) is 17.5 Å². The molecule has 0 aromatic carbocycles. The highest BCUT2D eigenvalue weighted by molar-refractivity contribution is 9.10. The summed E-state index contributed by atoms with van der Waals surface area (Å²) in [4.78, 5) is 29.0. The molecule has 0 radical (unpaired) electrons. The second kappa shape index (κ2) is 8.03. The van der Waals surface area contributed by atoms with Crippen LogP contribution < -0.4 is 11.1 Å². The van der Waals surface area contributed by atoms with Crippen molar-refractivity contribution in [1.82, 2.24) is 14.8 Å². The smallest absolute Gasteiger partial charge is 0.280 e. The molecule has 30 heavy (non-hydrogen) atoms. The Bertz CT molecular complexity index is 1160. The maximum atomic E-state index is 13.3. The number of amides is 2. The van der Waals surface area contributed by atoms with Crippen LogP contribution in [0.25, 0.3) is 10.2 Å². The number of fused-ring (bicyclic) bond motifs is 1. The third-order valence-electron chi connectivity index (χ3n) is 5.04. The fourth-order valence-electron chi connectivity index (χ4n) is 3.33. The highest BCUT2D eigenvalue weighted by Gasteiger charge is 2.31. The van der Waals surface area contributed by atoms with Crippen molar-refractivity contribution in [3.8, 4) is 0 Å². The van der Waals surface area contributed by atoms with Gasteiger partial charge in [0.2, 0.25) is 5.91 Å². The van der Waals surface area contributed by atoms with E-state index in [4.69, 9.17) is 5.73 Å². The lowest BCUT2D eigenvalue weighted by molar-refractivity contribution is -0.116. The first kappa shape index (κ1) is 20.9. The van der Waals surface area contributed by atoms with Gasteiger partial charge in [0.1, 0.15) is 15.4 Å². The van der Waals surface area contributed by atoms with Crippen molar-refractivity contribution in [2.24, 2.45) is 5.73 Å². The van der Waals surface area contributed by atoms with Crippen LogP contribution in [0.5, 0.6) is 0 Å². The van der Waals surface area contributed by atoms with Gasteiger partial charge in [-0.25, -0.2) is 13.8 Å². The van der Waals surface area contributed by atoms with E-state index in [0.29, 0.717) is 17.5 Å². The third-order valence-corrected chi connectivity index (χ3v) is 6.91. The molecule has 158 valence electrons. The Morgan fingerprint density at radius 3 is 2.73 bits per heavy atom. The number of nitrogens with one attached hydrogen (secondary N) is 1. The average molecular weight is 498 g/mol. The number of primary amides is 1. The van der Waals surface area contributed by atoms with Crippen LogP contribution in [-0.2, 0) is 11.3 Å². The lowest BCUT2D eigenvalue weighted by atomic mass is 10.0. The highest BCUT2D eigenvalue weighted by atomic mass is 79.9. The van der Waals surface area contributed by atoms with E-state index < -0.39 is 12.3 Å². The maximum Gasteiger partial charge on any atom is 0.280 e. The summed E-state index contributed by atoms with van der Waals surface area (Å²) < 4.78 is 29.1. The molecule has 3 N–H and O–H groups in total. The molecule has 1 aliphatic carbocycles. The molecule has 4 rings (SSSR count). The summed E-state index contributed by atoms with van der Waals surface area (Å²) in [5.74, 6) is -0.952. The molecule has 0 unspecified atom stereocenters. The average Bonchev–Trinajstić information content (AvgIpc) is 3.41. The Balaban J connectivity index is 1.68. The zero-order valence-electron chi connectivity index (χ0n) is 15.9. The Morgan fingerprint density at radius 1 is 1.43 bits per heavy atom. The number of hydrogen-bond donors (Lipinski definition) is 2. The van der Waals surface area contributed by atoms with E-state index >= 15 is 0 Å². The van der Waals surface area contributed by atoms with Gasteiger partial charge in [-0.15, -0.1) is 11.3 Å². The second-order valence-electron chi connectivity index (χ2n) is 7.16. The molecule has 1 aliphatic rings. The molecule has 1 fully saturated rings. The minimum absolute atomic E-state index is 0.109. The molecule has 0 spiro atoms. The summed E-state index contributed by atoms with van der Waals surface area (Å²) in [5, 5.41) is 7.50. The van der Waals surface area contributed by atoms with Gasteiger partial charge in [0.05, 0.1) is 22.9 Å². The van der Waals surface area contributed by atoms with E-state index in [0.717, 1.165) is 34.3 Å². The number of pyridine rings is 1. The number of nitrogens with zero attached hydrogens (tertiary/aromatic N) is 3. The summed E-state index contributed by atoms with van der Waals surface area (Å²) in [7, 11) is 0. The second-order valence-corrected chi connectivity index (χ2v) is 9.01. The normalized spacial score (nSPS) is 13.9. The lowest BCUT2D eigenvalue weighted by Gasteiger charge is -2.10. The number of aryl methyl sites for hydroxylation is 1. The summed E-state index contributed by atoms with van der Waals surface area (Å²) in [6.07, 6.45) is 0.778. The van der Waals surface area contributed by atoms with Crippen LogP contribution in [0.4, 0.5) is 14.5 Å². The molecule has 1 saturated carbocycles. The highest BCUT2D eigenvalue weighted by Crippen LogP contribution is 2.48. The molecule has 0 atom stereocenters. The molecule has 7 nitrogen and oxygen atoms in total. The number of hydrogen-bond acceptors (Lipinski definition) is 5. The summed E-state index contributed by atoms with van der Waals surface area (Å²) in [5.41, 5.74) is 7.01. The third kappa shape index (κ3) is 3.95. The van der Waals surface area contributed by atoms with Gasteiger partial charge in [-0.2, -0.15) is 5.10 Å². The van der Waals surface area contributed by atoms with Crippen LogP contribution in [0, 0.1) is 6.92 Å². The van der Waals surface area contributed by atoms with Crippen molar-refractivity contribution in [2.45, 2.75) is 45.1 Å². The Kier molecular flexibility index (Phi) is 5.58. The van der Waals surface area contributed by atoms with Gasteiger partial charge in [0.25, 0.3) is 12.3 Å². The molecule has 3 heterocycles. The first-order chi connectivity index (χ1) is 14.3. The fourth-order valence-corrected chi connectivity index (χ4v) is 4.64. The number of nitrogens with two attached hydrogens (primary N) is 1. The van der Waals surface area contributed by atoms with Crippen molar-refractivity contribution in [3.05, 3.63) is 38.6 Å². The van der Waals surface area contributed by atoms with E-state index in [1.54, 1.807) is 10.9 Å². The molecule has 3 aromatic rings. The largest absolute Gasteiger partial charge is 0.365 e. The van der Waals surface area contributed by atoms with E-state index in [-0.39, 0.29) is 39.3 Å². The number of halogens is 3. The van der Waals surface area contributed by atoms with Gasteiger partial charge in [-0.3, -0.25) is 14.3 Å². The van der Waals surface area contributed by atoms with E-state index in [2.05, 4.69) is 31.3 Å². The topological polar surface area (TPSA) is 103 Å². The molecule has 11 heteroatoms. The summed E-state index contributed by atoms with van der Waals surface area (Å²) in [6, 6.07) is 1.38. The van der Waals surface area contributed by atoms with Crippen molar-refractivity contribution in [1.29, 1.82) is 0 Å². The van der Waals surface area contributed by atoms with Crippen LogP contribution in [0.15, 0.2) is 16.7 Å². The molecule has 2 amide bonds. The Morgan fingerprint density at radius 2 is 2.17 bits per heavy atom. The van der Waals surface area contributed by atoms with Crippen LogP contribution in [0.2, 0.25) is 0 Å². The van der Waals surface area contributed by atoms with Gasteiger partial charge in [-0.05, 0) is 53.2 Å². The molecular weight excluding hydrogens is 480 g/mol. The number of carbonyl (C=O) groups excluding carboxylic acids is 2. The quantitative estimate of drug-likeness (QED) is 0.501. The van der Waals surface area contributed by atoms with Crippen LogP contribution >= 0.6 is 27.3 Å². The monoisotopic (exact) mass is 497 g/mol. The number of anilines is 1. The van der Waals surface area contributed by atoms with Gasteiger partial charge in [-0.1, -0.05) is 0 Å². The standard InChI is InChI=1S/C19H18BrF2N5O2S/c1-8-11(20)7-24-27(8)5-4-13(28)26-15-14-10(9-2-3-9)6-12(17(21)22)25-19(14)30-16(15)18(23)29/h6-7,9,17H,2-5H2,1H3,(H2,23,29)(H,26,28). The molecule has 3 aromatic heterocycles. The first-order valence-corrected chi connectivity index (χ1v) is 10.9. The van der Waals surface area contributed by atoms with E-state index in [1.165, 1.54) is 6.07 Å². The SMILES string of the molecule is Cc1c(Br)cnn1CCC(=O)Nc1c(C(N)=O)sc2nc(C(F)F)cc(C3CC3)c12. The number of aromatic nitrogens is 3. The van der Waals surface area contributed by atoms with Crippen molar-refractivity contribution >= 4 is 55.0 Å². The summed E-state index contributed by atoms with van der Waals surface area (Å²) in [6.45, 7) is 2.22. The molecule has 0 aliphatic heterocycles.